The number of hydrogen-bond donors (Lipinski definition) is 2. The first kappa shape index (κ1) is 36.8. The average molecular weight is 691 g/mol. The van der Waals surface area contributed by atoms with E-state index >= 15 is 0 Å². The minimum absolute atomic E-state index is 0.0796. The molecular weight excluding hydrogens is 640 g/mol. The van der Waals surface area contributed by atoms with E-state index in [4.69, 9.17) is 31.4 Å². The summed E-state index contributed by atoms with van der Waals surface area (Å²) in [5.41, 5.74) is 2.01. The number of piperidine rings is 1. The highest BCUT2D eigenvalue weighted by atomic mass is 35.5. The molecule has 1 aliphatic rings. The van der Waals surface area contributed by atoms with Gasteiger partial charge in [-0.2, -0.15) is 5.06 Å². The van der Waals surface area contributed by atoms with Gasteiger partial charge in [-0.3, -0.25) is 4.84 Å². The Hall–Kier alpha value is -3.50. The highest BCUT2D eigenvalue weighted by molar-refractivity contribution is 6.30. The first-order valence-corrected chi connectivity index (χ1v) is 17.2. The van der Waals surface area contributed by atoms with E-state index < -0.39 is 28.1 Å². The third-order valence-corrected chi connectivity index (χ3v) is 9.65. The van der Waals surface area contributed by atoms with Crippen LogP contribution in [0.3, 0.4) is 0 Å². The van der Waals surface area contributed by atoms with Crippen molar-refractivity contribution in [3.8, 4) is 11.4 Å². The van der Waals surface area contributed by atoms with E-state index in [9.17, 15) is 15.0 Å². The van der Waals surface area contributed by atoms with Gasteiger partial charge in [-0.15, -0.1) is 15.0 Å². The summed E-state index contributed by atoms with van der Waals surface area (Å²) in [5, 5.41) is 34.0. The predicted octanol–water partition coefficient (Wildman–Crippen LogP) is 8.28. The van der Waals surface area contributed by atoms with Crippen LogP contribution in [-0.4, -0.2) is 65.6 Å². The van der Waals surface area contributed by atoms with Crippen molar-refractivity contribution in [2.24, 2.45) is 0 Å². The van der Waals surface area contributed by atoms with Gasteiger partial charge < -0.3 is 14.9 Å². The van der Waals surface area contributed by atoms with E-state index in [-0.39, 0.29) is 23.9 Å². The summed E-state index contributed by atoms with van der Waals surface area (Å²) in [6, 6.07) is 16.8. The van der Waals surface area contributed by atoms with E-state index in [1.165, 1.54) is 4.80 Å². The summed E-state index contributed by atoms with van der Waals surface area (Å²) < 4.78 is 6.08. The Kier molecular flexibility index (Phi) is 9.51. The molecule has 0 unspecified atom stereocenters. The number of hydroxylamine groups is 2. The van der Waals surface area contributed by atoms with Crippen molar-refractivity contribution < 1.29 is 24.6 Å². The Morgan fingerprint density at radius 3 is 2.04 bits per heavy atom. The molecule has 5 rings (SSSR count). The Morgan fingerprint density at radius 2 is 1.47 bits per heavy atom. The summed E-state index contributed by atoms with van der Waals surface area (Å²) >= 11 is 6.19. The van der Waals surface area contributed by atoms with Crippen LogP contribution in [0.15, 0.2) is 54.6 Å². The van der Waals surface area contributed by atoms with Gasteiger partial charge in [-0.05, 0) is 94.5 Å². The number of ether oxygens (including phenoxy) is 1. The third kappa shape index (κ3) is 7.80. The maximum Gasteiger partial charge on any atom is 0.338 e. The van der Waals surface area contributed by atoms with Crippen LogP contribution in [0.4, 0.5) is 0 Å². The molecule has 0 bridgehead atoms. The second-order valence-electron chi connectivity index (χ2n) is 16.9. The number of hydrogen-bond acceptors (Lipinski definition) is 8. The van der Waals surface area contributed by atoms with Gasteiger partial charge in [-0.25, -0.2) is 4.79 Å². The van der Waals surface area contributed by atoms with E-state index in [2.05, 4.69) is 68.4 Å². The summed E-state index contributed by atoms with van der Waals surface area (Å²) in [7, 11) is 0. The average Bonchev–Trinajstić information content (AvgIpc) is 3.38. The number of esters is 1. The number of phenolic OH excluding ortho intramolecular Hbond substituents is 1. The molecular formula is C39H51ClN4O5. The van der Waals surface area contributed by atoms with Crippen LogP contribution in [0.5, 0.6) is 5.75 Å². The second-order valence-corrected chi connectivity index (χ2v) is 17.3. The standard InChI is InChI=1S/C39H51ClN4O5/c1-35(2,3)26-19-29(39(10,11)25-13-15-27(40)16-14-25)33(45)32(20-26)43-41-30-17-12-24(18-31(30)42-43)34(46)49-28-21-36(4,5)44(37(6,7)22-28)48-23-38(8,9)47/h12-20,28,45,47H,21-23H2,1-11H3. The van der Waals surface area contributed by atoms with Crippen LogP contribution < -0.4 is 0 Å². The number of benzene rings is 3. The molecule has 264 valence electrons. The first-order valence-electron chi connectivity index (χ1n) is 16.9. The van der Waals surface area contributed by atoms with Crippen LogP contribution >= 0.6 is 11.6 Å². The van der Waals surface area contributed by atoms with Crippen LogP contribution in [0.25, 0.3) is 16.7 Å². The highest BCUT2D eigenvalue weighted by Crippen LogP contribution is 2.43. The number of carbonyl (C=O) groups excluding carboxylic acids is 1. The second kappa shape index (κ2) is 12.7. The zero-order chi connectivity index (χ0) is 36.3. The topological polar surface area (TPSA) is 110 Å². The van der Waals surface area contributed by atoms with Gasteiger partial charge in [0.05, 0.1) is 17.8 Å². The number of aromatic hydroxyl groups is 1. The van der Waals surface area contributed by atoms with Crippen molar-refractivity contribution in [1.82, 2.24) is 20.1 Å². The maximum atomic E-state index is 13.5. The number of halogens is 1. The largest absolute Gasteiger partial charge is 0.505 e. The first-order chi connectivity index (χ1) is 22.5. The lowest BCUT2D eigenvalue weighted by Gasteiger charge is -2.53. The van der Waals surface area contributed by atoms with E-state index in [0.29, 0.717) is 40.1 Å². The Morgan fingerprint density at radius 1 is 0.878 bits per heavy atom. The molecule has 2 heterocycles. The molecule has 0 radical (unpaired) electrons. The monoisotopic (exact) mass is 690 g/mol. The smallest absolute Gasteiger partial charge is 0.338 e. The molecule has 4 aromatic rings. The van der Waals surface area contributed by atoms with Gasteiger partial charge in [0.1, 0.15) is 28.6 Å². The van der Waals surface area contributed by atoms with E-state index in [1.807, 2.05) is 35.4 Å². The maximum absolute atomic E-state index is 13.5. The van der Waals surface area contributed by atoms with Crippen LogP contribution in [0, 0.1) is 0 Å². The van der Waals surface area contributed by atoms with Crippen molar-refractivity contribution in [2.75, 3.05) is 6.61 Å². The third-order valence-electron chi connectivity index (χ3n) is 9.40. The van der Waals surface area contributed by atoms with E-state index in [1.54, 1.807) is 32.0 Å². The molecule has 1 fully saturated rings. The molecule has 49 heavy (non-hydrogen) atoms. The number of phenols is 1. The van der Waals surface area contributed by atoms with Crippen molar-refractivity contribution in [1.29, 1.82) is 0 Å². The highest BCUT2D eigenvalue weighted by Gasteiger charge is 2.48. The molecule has 1 saturated heterocycles. The fraction of sp³-hybridized carbons (Fsp3) is 0.513. The van der Waals surface area contributed by atoms with Crippen molar-refractivity contribution in [2.45, 2.75) is 123 Å². The van der Waals surface area contributed by atoms with Crippen LogP contribution in [0.2, 0.25) is 5.02 Å². The number of aliphatic hydroxyl groups is 1. The number of fused-ring (bicyclic) bond motifs is 1. The zero-order valence-corrected chi connectivity index (χ0v) is 31.4. The van der Waals surface area contributed by atoms with Crippen LogP contribution in [-0.2, 0) is 20.4 Å². The van der Waals surface area contributed by atoms with Gasteiger partial charge in [0, 0.05) is 39.9 Å². The molecule has 10 heteroatoms. The minimum Gasteiger partial charge on any atom is -0.505 e. The Balaban J connectivity index is 1.44. The molecule has 0 amide bonds. The summed E-state index contributed by atoms with van der Waals surface area (Å²) in [6.07, 6.45) is 0.778. The van der Waals surface area contributed by atoms with Gasteiger partial charge >= 0.3 is 5.97 Å². The molecule has 1 aliphatic heterocycles. The normalized spacial score (nSPS) is 17.4. The summed E-state index contributed by atoms with van der Waals surface area (Å²) in [6.45, 7) is 22.3. The fourth-order valence-electron chi connectivity index (χ4n) is 6.90. The van der Waals surface area contributed by atoms with E-state index in [0.717, 1.165) is 16.7 Å². The SMILES string of the molecule is CC(C)(O)CON1C(C)(C)CC(OC(=O)c2ccc3nn(-c4cc(C(C)(C)C)cc(C(C)(C)c5ccc(Cl)cc5)c4O)nc3c2)CC1(C)C. The number of nitrogens with zero attached hydrogens (tertiary/aromatic N) is 4. The molecule has 1 aromatic heterocycles. The van der Waals surface area contributed by atoms with Gasteiger partial charge in [0.25, 0.3) is 0 Å². The number of aromatic nitrogens is 3. The lowest BCUT2D eigenvalue weighted by molar-refractivity contribution is -0.305. The molecule has 3 aromatic carbocycles. The minimum atomic E-state index is -0.972. The predicted molar refractivity (Wildman–Crippen MR) is 193 cm³/mol. The van der Waals surface area contributed by atoms with Crippen molar-refractivity contribution in [3.05, 3.63) is 81.9 Å². The van der Waals surface area contributed by atoms with Gasteiger partial charge in [-0.1, -0.05) is 64.4 Å². The lowest BCUT2D eigenvalue weighted by Crippen LogP contribution is -2.62. The Labute approximate surface area is 295 Å². The number of rotatable bonds is 8. The molecule has 9 nitrogen and oxygen atoms in total. The summed E-state index contributed by atoms with van der Waals surface area (Å²) in [4.78, 5) is 21.0. The zero-order valence-electron chi connectivity index (χ0n) is 30.7. The van der Waals surface area contributed by atoms with Gasteiger partial charge in [0.2, 0.25) is 0 Å². The fourth-order valence-corrected chi connectivity index (χ4v) is 7.02. The summed E-state index contributed by atoms with van der Waals surface area (Å²) in [5.74, 6) is -0.362. The molecule has 0 atom stereocenters. The number of carbonyl (C=O) groups is 1. The lowest BCUT2D eigenvalue weighted by atomic mass is 9.75. The van der Waals surface area contributed by atoms with Crippen molar-refractivity contribution in [3.63, 3.8) is 0 Å². The quantitative estimate of drug-likeness (QED) is 0.178. The Bertz CT molecular complexity index is 1830. The van der Waals surface area contributed by atoms with Crippen LogP contribution in [0.1, 0.15) is 116 Å². The van der Waals surface area contributed by atoms with Gasteiger partial charge in [0.15, 0.2) is 0 Å². The molecule has 2 N–H and O–H groups in total. The molecule has 0 saturated carbocycles. The van der Waals surface area contributed by atoms with Crippen molar-refractivity contribution >= 4 is 28.6 Å². The molecule has 0 aliphatic carbocycles. The molecule has 0 spiro atoms.